The zero-order valence-corrected chi connectivity index (χ0v) is 20.0. The van der Waals surface area contributed by atoms with Gasteiger partial charge in [0.25, 0.3) is 5.91 Å². The third-order valence-electron chi connectivity index (χ3n) is 6.47. The van der Waals surface area contributed by atoms with Gasteiger partial charge in [0.1, 0.15) is 0 Å². The van der Waals surface area contributed by atoms with E-state index in [1.54, 1.807) is 0 Å². The maximum atomic E-state index is 13.3. The van der Waals surface area contributed by atoms with E-state index in [0.717, 1.165) is 22.0 Å². The first-order valence-corrected chi connectivity index (χ1v) is 11.7. The second-order valence-electron chi connectivity index (χ2n) is 9.38. The summed E-state index contributed by atoms with van der Waals surface area (Å²) in [5.74, 6) is -0.181. The molecule has 0 saturated carbocycles. The third kappa shape index (κ3) is 5.38. The Morgan fingerprint density at radius 3 is 2.26 bits per heavy atom. The molecular formula is C29H33N3O2. The highest BCUT2D eigenvalue weighted by molar-refractivity contribution is 6.07. The number of aromatic nitrogens is 1. The Kier molecular flexibility index (Phi) is 7.15. The number of carbonyl (C=O) groups excluding carboxylic acids is 1. The van der Waals surface area contributed by atoms with Crippen molar-refractivity contribution in [1.82, 2.24) is 15.2 Å². The van der Waals surface area contributed by atoms with E-state index in [-0.39, 0.29) is 11.4 Å². The van der Waals surface area contributed by atoms with Crippen LogP contribution in [0.1, 0.15) is 35.3 Å². The molecule has 0 spiro atoms. The first-order chi connectivity index (χ1) is 16.3. The summed E-state index contributed by atoms with van der Waals surface area (Å²) in [4.78, 5) is 13.3. The van der Waals surface area contributed by atoms with E-state index < -0.39 is 12.1 Å². The number of aliphatic hydroxyl groups excluding tert-OH is 1. The molecule has 0 unspecified atom stereocenters. The molecular weight excluding hydrogens is 422 g/mol. The van der Waals surface area contributed by atoms with E-state index in [4.69, 9.17) is 0 Å². The molecule has 0 aliphatic rings. The number of aliphatic hydroxyl groups is 1. The Morgan fingerprint density at radius 1 is 0.941 bits per heavy atom. The van der Waals surface area contributed by atoms with Crippen LogP contribution in [0.5, 0.6) is 0 Å². The maximum Gasteiger partial charge on any atom is 0.253 e. The molecule has 4 rings (SSSR count). The number of rotatable bonds is 9. The van der Waals surface area contributed by atoms with Crippen LogP contribution in [-0.4, -0.2) is 34.3 Å². The minimum absolute atomic E-state index is 0.181. The van der Waals surface area contributed by atoms with E-state index >= 15 is 0 Å². The Hall–Kier alpha value is -3.41. The number of nitrogens with zero attached hydrogens (tertiary/aromatic N) is 1. The average Bonchev–Trinajstić information content (AvgIpc) is 3.20. The van der Waals surface area contributed by atoms with Gasteiger partial charge in [0.05, 0.1) is 17.7 Å². The first kappa shape index (κ1) is 23.7. The molecule has 4 aromatic rings. The number of aryl methyl sites for hydroxylation is 1. The SMILES string of the molecule is Cn1cc(C(=O)N[C@@H](Cc2ccccc2)[C@H](O)CNC(C)(C)c2ccccc2)c2ccccc21. The van der Waals surface area contributed by atoms with E-state index in [1.165, 1.54) is 0 Å². The summed E-state index contributed by atoms with van der Waals surface area (Å²) >= 11 is 0. The summed E-state index contributed by atoms with van der Waals surface area (Å²) in [5, 5.41) is 18.7. The van der Waals surface area contributed by atoms with Crippen LogP contribution in [0.2, 0.25) is 0 Å². The molecule has 176 valence electrons. The number of hydrogen-bond donors (Lipinski definition) is 3. The molecule has 0 aliphatic heterocycles. The summed E-state index contributed by atoms with van der Waals surface area (Å²) in [7, 11) is 1.94. The fraction of sp³-hybridized carbons (Fsp3) is 0.276. The monoisotopic (exact) mass is 455 g/mol. The van der Waals surface area contributed by atoms with Gasteiger partial charge in [-0.3, -0.25) is 4.79 Å². The predicted octanol–water partition coefficient (Wildman–Crippen LogP) is 4.41. The van der Waals surface area contributed by atoms with Crippen LogP contribution in [0.15, 0.2) is 91.1 Å². The molecule has 1 aromatic heterocycles. The van der Waals surface area contributed by atoms with Crippen molar-refractivity contribution < 1.29 is 9.90 Å². The molecule has 0 aliphatic carbocycles. The lowest BCUT2D eigenvalue weighted by Crippen LogP contribution is -2.51. The maximum absolute atomic E-state index is 13.3. The summed E-state index contributed by atoms with van der Waals surface area (Å²) in [5.41, 5.74) is 3.49. The van der Waals surface area contributed by atoms with E-state index in [0.29, 0.717) is 18.5 Å². The second kappa shape index (κ2) is 10.2. The highest BCUT2D eigenvalue weighted by Crippen LogP contribution is 2.22. The minimum Gasteiger partial charge on any atom is -0.390 e. The normalized spacial score (nSPS) is 13.5. The van der Waals surface area contributed by atoms with Gasteiger partial charge in [-0.15, -0.1) is 0 Å². The van der Waals surface area contributed by atoms with Crippen molar-refractivity contribution in [1.29, 1.82) is 0 Å². The van der Waals surface area contributed by atoms with Gasteiger partial charge in [-0.25, -0.2) is 0 Å². The lowest BCUT2D eigenvalue weighted by molar-refractivity contribution is 0.0815. The number of para-hydroxylation sites is 1. The fourth-order valence-electron chi connectivity index (χ4n) is 4.38. The van der Waals surface area contributed by atoms with Gasteiger partial charge < -0.3 is 20.3 Å². The molecule has 0 fully saturated rings. The predicted molar refractivity (Wildman–Crippen MR) is 138 cm³/mol. The molecule has 2 atom stereocenters. The third-order valence-corrected chi connectivity index (χ3v) is 6.47. The molecule has 1 amide bonds. The van der Waals surface area contributed by atoms with Crippen LogP contribution in [-0.2, 0) is 19.0 Å². The largest absolute Gasteiger partial charge is 0.390 e. The number of hydrogen-bond acceptors (Lipinski definition) is 3. The highest BCUT2D eigenvalue weighted by Gasteiger charge is 2.27. The van der Waals surface area contributed by atoms with Crippen molar-refractivity contribution in [2.24, 2.45) is 7.05 Å². The zero-order valence-electron chi connectivity index (χ0n) is 20.0. The summed E-state index contributed by atoms with van der Waals surface area (Å²) in [6.45, 7) is 4.53. The zero-order chi connectivity index (χ0) is 24.1. The molecule has 3 N–H and O–H groups in total. The number of amides is 1. The van der Waals surface area contributed by atoms with Gasteiger partial charge >= 0.3 is 0 Å². The van der Waals surface area contributed by atoms with Crippen LogP contribution in [0, 0.1) is 0 Å². The van der Waals surface area contributed by atoms with Crippen molar-refractivity contribution in [3.8, 4) is 0 Å². The van der Waals surface area contributed by atoms with Crippen molar-refractivity contribution in [3.63, 3.8) is 0 Å². The van der Waals surface area contributed by atoms with Crippen molar-refractivity contribution >= 4 is 16.8 Å². The Bertz CT molecular complexity index is 1230. The number of benzene rings is 3. The molecule has 1 heterocycles. The average molecular weight is 456 g/mol. The van der Waals surface area contributed by atoms with E-state index in [1.807, 2.05) is 90.6 Å². The molecule has 5 heteroatoms. The van der Waals surface area contributed by atoms with Crippen molar-refractivity contribution in [2.45, 2.75) is 38.0 Å². The topological polar surface area (TPSA) is 66.3 Å². The van der Waals surface area contributed by atoms with E-state index in [2.05, 4.69) is 36.6 Å². The van der Waals surface area contributed by atoms with Crippen molar-refractivity contribution in [2.75, 3.05) is 6.54 Å². The second-order valence-corrected chi connectivity index (χ2v) is 9.38. The van der Waals surface area contributed by atoms with Gasteiger partial charge in [-0.1, -0.05) is 78.9 Å². The van der Waals surface area contributed by atoms with Gasteiger partial charge in [-0.2, -0.15) is 0 Å². The minimum atomic E-state index is -0.776. The van der Waals surface area contributed by atoms with Gasteiger partial charge in [0, 0.05) is 36.2 Å². The van der Waals surface area contributed by atoms with Gasteiger partial charge in [0.2, 0.25) is 0 Å². The number of nitrogens with one attached hydrogen (secondary N) is 2. The van der Waals surface area contributed by atoms with Crippen LogP contribution in [0.3, 0.4) is 0 Å². The van der Waals surface area contributed by atoms with Crippen LogP contribution in [0.4, 0.5) is 0 Å². The fourth-order valence-corrected chi connectivity index (χ4v) is 4.38. The lowest BCUT2D eigenvalue weighted by atomic mass is 9.93. The van der Waals surface area contributed by atoms with Gasteiger partial charge in [-0.05, 0) is 37.5 Å². The van der Waals surface area contributed by atoms with E-state index in [9.17, 15) is 9.90 Å². The quantitative estimate of drug-likeness (QED) is 0.350. The standard InChI is InChI=1S/C29H33N3O2/c1-29(2,22-14-8-5-9-15-22)30-19-27(33)25(18-21-12-6-4-7-13-21)31-28(34)24-20-32(3)26-17-11-10-16-23(24)26/h4-17,20,25,27,30,33H,18-19H2,1-3H3,(H,31,34)/t25-,27+/m0/s1. The van der Waals surface area contributed by atoms with Crippen molar-refractivity contribution in [3.05, 3.63) is 108 Å². The molecule has 34 heavy (non-hydrogen) atoms. The molecule has 0 bridgehead atoms. The highest BCUT2D eigenvalue weighted by atomic mass is 16.3. The Labute approximate surface area is 201 Å². The molecule has 3 aromatic carbocycles. The number of fused-ring (bicyclic) bond motifs is 1. The smallest absolute Gasteiger partial charge is 0.253 e. The first-order valence-electron chi connectivity index (χ1n) is 11.7. The Balaban J connectivity index is 1.53. The Morgan fingerprint density at radius 2 is 1.56 bits per heavy atom. The molecule has 0 radical (unpaired) electrons. The van der Waals surface area contributed by atoms with Crippen LogP contribution < -0.4 is 10.6 Å². The van der Waals surface area contributed by atoms with Crippen LogP contribution in [0.25, 0.3) is 10.9 Å². The summed E-state index contributed by atoms with van der Waals surface area (Å²) in [6.07, 6.45) is 1.61. The molecule has 0 saturated heterocycles. The molecule has 5 nitrogen and oxygen atoms in total. The lowest BCUT2D eigenvalue weighted by Gasteiger charge is -2.31. The summed E-state index contributed by atoms with van der Waals surface area (Å²) in [6, 6.07) is 27.5. The van der Waals surface area contributed by atoms with Crippen LogP contribution >= 0.6 is 0 Å². The van der Waals surface area contributed by atoms with Gasteiger partial charge in [0.15, 0.2) is 0 Å². The number of carbonyl (C=O) groups is 1. The summed E-state index contributed by atoms with van der Waals surface area (Å²) < 4.78 is 1.96.